The highest BCUT2D eigenvalue weighted by molar-refractivity contribution is 5.76. The van der Waals surface area contributed by atoms with Crippen LogP contribution in [-0.4, -0.2) is 28.5 Å². The second-order valence-corrected chi connectivity index (χ2v) is 4.26. The number of amides is 1. The normalized spacial score (nSPS) is 11.0. The van der Waals surface area contributed by atoms with Gasteiger partial charge in [-0.1, -0.05) is 0 Å². The lowest BCUT2D eigenvalue weighted by Gasteiger charge is -2.20. The number of carbonyl (C=O) groups excluding carboxylic acids is 1. The van der Waals surface area contributed by atoms with Gasteiger partial charge in [-0.15, -0.1) is 0 Å². The largest absolute Gasteiger partial charge is 0.417 e. The van der Waals surface area contributed by atoms with E-state index in [1.54, 1.807) is 6.92 Å². The minimum absolute atomic E-state index is 0.122. The fourth-order valence-corrected chi connectivity index (χ4v) is 1.71. The summed E-state index contributed by atoms with van der Waals surface area (Å²) in [6.45, 7) is 1.69. The Morgan fingerprint density at radius 3 is 2.62 bits per heavy atom. The van der Waals surface area contributed by atoms with Gasteiger partial charge in [0, 0.05) is 25.4 Å². The average Bonchev–Trinajstić information content (AvgIpc) is 2.41. The van der Waals surface area contributed by atoms with Crippen molar-refractivity contribution in [3.63, 3.8) is 0 Å². The number of rotatable bonds is 5. The summed E-state index contributed by atoms with van der Waals surface area (Å²) in [4.78, 5) is 24.8. The molecule has 0 atom stereocenters. The van der Waals surface area contributed by atoms with E-state index in [0.717, 1.165) is 10.6 Å². The molecule has 0 spiro atoms. The highest BCUT2D eigenvalue weighted by Crippen LogP contribution is 2.27. The van der Waals surface area contributed by atoms with Crippen LogP contribution >= 0.6 is 0 Å². The maximum atomic E-state index is 12.6. The Hall–Kier alpha value is -2.30. The molecular formula is C13H14F3N3O2. The van der Waals surface area contributed by atoms with Crippen molar-refractivity contribution in [1.82, 2.24) is 9.47 Å². The van der Waals surface area contributed by atoms with Crippen molar-refractivity contribution in [2.24, 2.45) is 0 Å². The number of nitrogens with zero attached hydrogens (tertiary/aromatic N) is 3. The van der Waals surface area contributed by atoms with Crippen LogP contribution in [0.15, 0.2) is 23.1 Å². The number of hydrogen-bond acceptors (Lipinski definition) is 3. The maximum absolute atomic E-state index is 12.6. The van der Waals surface area contributed by atoms with E-state index in [0.29, 0.717) is 18.8 Å². The fraction of sp³-hybridized carbons (Fsp3) is 0.462. The van der Waals surface area contributed by atoms with E-state index >= 15 is 0 Å². The van der Waals surface area contributed by atoms with Crippen LogP contribution in [0.25, 0.3) is 0 Å². The molecule has 1 amide bonds. The zero-order chi connectivity index (χ0) is 16.0. The van der Waals surface area contributed by atoms with Gasteiger partial charge in [0.05, 0.1) is 18.1 Å². The van der Waals surface area contributed by atoms with Gasteiger partial charge in [0.25, 0.3) is 5.56 Å². The van der Waals surface area contributed by atoms with Crippen molar-refractivity contribution in [1.29, 1.82) is 5.26 Å². The number of nitriles is 1. The van der Waals surface area contributed by atoms with Gasteiger partial charge in [-0.2, -0.15) is 18.4 Å². The van der Waals surface area contributed by atoms with Crippen LogP contribution in [0.4, 0.5) is 13.2 Å². The molecule has 0 aliphatic heterocycles. The standard InChI is InChI=1S/C13H14F3N3O2/c1-2-18(7-3-6-17)12(21)9-19-8-10(13(14,15)16)4-5-11(19)20/h4-5,8H,2-3,7,9H2,1H3. The molecule has 1 aromatic heterocycles. The minimum Gasteiger partial charge on any atom is -0.340 e. The molecule has 0 aliphatic rings. The topological polar surface area (TPSA) is 66.1 Å². The summed E-state index contributed by atoms with van der Waals surface area (Å²) in [5, 5.41) is 8.48. The van der Waals surface area contributed by atoms with Gasteiger partial charge >= 0.3 is 6.18 Å². The summed E-state index contributed by atoms with van der Waals surface area (Å²) in [5.74, 6) is -0.505. The number of alkyl halides is 3. The average molecular weight is 301 g/mol. The first-order chi connectivity index (χ1) is 9.79. The third kappa shape index (κ3) is 4.63. The fourth-order valence-electron chi connectivity index (χ4n) is 1.71. The Bertz CT molecular complexity index is 602. The smallest absolute Gasteiger partial charge is 0.340 e. The van der Waals surface area contributed by atoms with Crippen molar-refractivity contribution < 1.29 is 18.0 Å². The molecule has 0 bridgehead atoms. The van der Waals surface area contributed by atoms with Gasteiger partial charge in [0.2, 0.25) is 5.91 Å². The first-order valence-corrected chi connectivity index (χ1v) is 6.22. The van der Waals surface area contributed by atoms with Gasteiger partial charge in [0.15, 0.2) is 0 Å². The number of carbonyl (C=O) groups is 1. The van der Waals surface area contributed by atoms with Crippen LogP contribution in [0.5, 0.6) is 0 Å². The number of aromatic nitrogens is 1. The van der Waals surface area contributed by atoms with Crippen molar-refractivity contribution in [3.05, 3.63) is 34.2 Å². The Labute approximate surface area is 119 Å². The summed E-state index contributed by atoms with van der Waals surface area (Å²) >= 11 is 0. The second kappa shape index (κ2) is 6.92. The van der Waals surface area contributed by atoms with Crippen LogP contribution in [-0.2, 0) is 17.5 Å². The molecule has 1 aromatic rings. The molecular weight excluding hydrogens is 287 g/mol. The third-order valence-corrected chi connectivity index (χ3v) is 2.84. The van der Waals surface area contributed by atoms with E-state index in [9.17, 15) is 22.8 Å². The SMILES string of the molecule is CCN(CCC#N)C(=O)Cn1cc(C(F)(F)F)ccc1=O. The molecule has 5 nitrogen and oxygen atoms in total. The van der Waals surface area contributed by atoms with Crippen molar-refractivity contribution >= 4 is 5.91 Å². The molecule has 0 saturated carbocycles. The third-order valence-electron chi connectivity index (χ3n) is 2.84. The molecule has 0 radical (unpaired) electrons. The van der Waals surface area contributed by atoms with Crippen LogP contribution in [0, 0.1) is 11.3 Å². The van der Waals surface area contributed by atoms with Gasteiger partial charge < -0.3 is 9.47 Å². The summed E-state index contributed by atoms with van der Waals surface area (Å²) in [7, 11) is 0. The Kier molecular flexibility index (Phi) is 5.52. The van der Waals surface area contributed by atoms with Gasteiger partial charge in [-0.05, 0) is 13.0 Å². The molecule has 1 heterocycles. The van der Waals surface area contributed by atoms with E-state index in [2.05, 4.69) is 0 Å². The van der Waals surface area contributed by atoms with E-state index in [-0.39, 0.29) is 13.0 Å². The maximum Gasteiger partial charge on any atom is 0.417 e. The zero-order valence-electron chi connectivity index (χ0n) is 11.4. The predicted octanol–water partition coefficient (Wildman–Crippen LogP) is 1.63. The molecule has 21 heavy (non-hydrogen) atoms. The number of halogens is 3. The van der Waals surface area contributed by atoms with E-state index in [1.165, 1.54) is 4.90 Å². The van der Waals surface area contributed by atoms with Crippen LogP contribution in [0.2, 0.25) is 0 Å². The Balaban J connectivity index is 2.94. The van der Waals surface area contributed by atoms with Gasteiger partial charge in [-0.3, -0.25) is 9.59 Å². The molecule has 0 aliphatic carbocycles. The van der Waals surface area contributed by atoms with E-state index in [1.807, 2.05) is 6.07 Å². The summed E-state index contributed by atoms with van der Waals surface area (Å²) in [6.07, 6.45) is -3.83. The lowest BCUT2D eigenvalue weighted by atomic mass is 10.2. The summed E-state index contributed by atoms with van der Waals surface area (Å²) in [6, 6.07) is 3.34. The molecule has 114 valence electrons. The minimum atomic E-state index is -4.58. The summed E-state index contributed by atoms with van der Waals surface area (Å²) in [5.41, 5.74) is -1.68. The van der Waals surface area contributed by atoms with Crippen molar-refractivity contribution in [2.45, 2.75) is 26.1 Å². The number of hydrogen-bond donors (Lipinski definition) is 0. The molecule has 0 unspecified atom stereocenters. The monoisotopic (exact) mass is 301 g/mol. The predicted molar refractivity (Wildman–Crippen MR) is 68.2 cm³/mol. The zero-order valence-corrected chi connectivity index (χ0v) is 11.4. The first kappa shape index (κ1) is 16.8. The van der Waals surface area contributed by atoms with E-state index in [4.69, 9.17) is 5.26 Å². The molecule has 0 aromatic carbocycles. The second-order valence-electron chi connectivity index (χ2n) is 4.26. The van der Waals surface area contributed by atoms with E-state index < -0.39 is 29.8 Å². The van der Waals surface area contributed by atoms with Gasteiger partial charge in [0.1, 0.15) is 6.54 Å². The van der Waals surface area contributed by atoms with Crippen LogP contribution in [0.1, 0.15) is 18.9 Å². The lowest BCUT2D eigenvalue weighted by molar-refractivity contribution is -0.138. The highest BCUT2D eigenvalue weighted by atomic mass is 19.4. The van der Waals surface area contributed by atoms with Crippen LogP contribution in [0.3, 0.4) is 0 Å². The Morgan fingerprint density at radius 1 is 1.43 bits per heavy atom. The summed E-state index contributed by atoms with van der Waals surface area (Å²) < 4.78 is 38.5. The molecule has 8 heteroatoms. The highest BCUT2D eigenvalue weighted by Gasteiger charge is 2.31. The van der Waals surface area contributed by atoms with Crippen molar-refractivity contribution in [2.75, 3.05) is 13.1 Å². The quantitative estimate of drug-likeness (QED) is 0.830. The van der Waals surface area contributed by atoms with Crippen LogP contribution < -0.4 is 5.56 Å². The molecule has 1 rings (SSSR count). The molecule has 0 saturated heterocycles. The molecule has 0 fully saturated rings. The van der Waals surface area contributed by atoms with Gasteiger partial charge in [-0.25, -0.2) is 0 Å². The number of likely N-dealkylation sites (N-methyl/N-ethyl adjacent to an activating group) is 1. The molecule has 0 N–H and O–H groups in total. The van der Waals surface area contributed by atoms with Crippen molar-refractivity contribution in [3.8, 4) is 6.07 Å². The number of pyridine rings is 1. The lowest BCUT2D eigenvalue weighted by Crippen LogP contribution is -2.37. The first-order valence-electron chi connectivity index (χ1n) is 6.22. The Morgan fingerprint density at radius 2 is 2.10 bits per heavy atom.